The number of hydrogen-bond acceptors (Lipinski definition) is 2. The second-order valence-electron chi connectivity index (χ2n) is 4.86. The maximum Gasteiger partial charge on any atom is 0.251 e. The number of amides is 1. The standard InChI is InChI=1S/C13H18BrFN2O.ClH/c1-8(2)13(3,7-16)17-12(18)9-4-5-11(15)10(14)6-9;/h4-6,8H,7,16H2,1-3H3,(H,17,18);1H. The molecule has 1 aromatic carbocycles. The minimum absolute atomic E-state index is 0. The van der Waals surface area contributed by atoms with Gasteiger partial charge < -0.3 is 11.1 Å². The lowest BCUT2D eigenvalue weighted by Crippen LogP contribution is -2.55. The molecular weight excluding hydrogens is 335 g/mol. The Kier molecular flexibility index (Phi) is 6.97. The second kappa shape index (κ2) is 7.22. The highest BCUT2D eigenvalue weighted by atomic mass is 79.9. The molecule has 0 bridgehead atoms. The number of rotatable bonds is 4. The highest BCUT2D eigenvalue weighted by molar-refractivity contribution is 9.10. The van der Waals surface area contributed by atoms with E-state index >= 15 is 0 Å². The van der Waals surface area contributed by atoms with Gasteiger partial charge in [-0.3, -0.25) is 4.79 Å². The second-order valence-corrected chi connectivity index (χ2v) is 5.71. The van der Waals surface area contributed by atoms with Crippen molar-refractivity contribution in [2.24, 2.45) is 11.7 Å². The summed E-state index contributed by atoms with van der Waals surface area (Å²) in [5.74, 6) is -0.440. The SMILES string of the molecule is CC(C)C(C)(CN)NC(=O)c1ccc(F)c(Br)c1.Cl. The van der Waals surface area contributed by atoms with Crippen LogP contribution in [-0.2, 0) is 0 Å². The number of hydrogen-bond donors (Lipinski definition) is 2. The molecule has 0 saturated carbocycles. The van der Waals surface area contributed by atoms with E-state index in [1.165, 1.54) is 18.2 Å². The normalized spacial score (nSPS) is 13.6. The summed E-state index contributed by atoms with van der Waals surface area (Å²) >= 11 is 3.06. The van der Waals surface area contributed by atoms with E-state index < -0.39 is 11.4 Å². The van der Waals surface area contributed by atoms with Gasteiger partial charge >= 0.3 is 0 Å². The van der Waals surface area contributed by atoms with Crippen LogP contribution in [0.25, 0.3) is 0 Å². The Morgan fingerprint density at radius 3 is 2.53 bits per heavy atom. The van der Waals surface area contributed by atoms with E-state index in [4.69, 9.17) is 5.73 Å². The van der Waals surface area contributed by atoms with Crippen LogP contribution in [0.3, 0.4) is 0 Å². The molecule has 0 saturated heterocycles. The molecule has 1 atom stereocenters. The van der Waals surface area contributed by atoms with E-state index in [1.54, 1.807) is 0 Å². The lowest BCUT2D eigenvalue weighted by molar-refractivity contribution is 0.0883. The molecule has 1 rings (SSSR count). The summed E-state index contributed by atoms with van der Waals surface area (Å²) in [6, 6.07) is 4.17. The van der Waals surface area contributed by atoms with Crippen molar-refractivity contribution in [1.29, 1.82) is 0 Å². The van der Waals surface area contributed by atoms with Crippen LogP contribution in [0.4, 0.5) is 4.39 Å². The third kappa shape index (κ3) is 4.44. The number of benzene rings is 1. The van der Waals surface area contributed by atoms with Crippen molar-refractivity contribution in [3.05, 3.63) is 34.1 Å². The first kappa shape index (κ1) is 18.4. The maximum atomic E-state index is 13.1. The van der Waals surface area contributed by atoms with Crippen molar-refractivity contribution in [3.63, 3.8) is 0 Å². The van der Waals surface area contributed by atoms with E-state index in [2.05, 4.69) is 21.2 Å². The maximum absolute atomic E-state index is 13.1. The average Bonchev–Trinajstić information content (AvgIpc) is 2.32. The summed E-state index contributed by atoms with van der Waals surface area (Å²) in [6.07, 6.45) is 0. The molecule has 0 aliphatic carbocycles. The van der Waals surface area contributed by atoms with Crippen LogP contribution in [-0.4, -0.2) is 18.0 Å². The zero-order chi connectivity index (χ0) is 13.9. The first-order valence-electron chi connectivity index (χ1n) is 5.78. The summed E-state index contributed by atoms with van der Waals surface area (Å²) in [4.78, 5) is 12.1. The molecule has 19 heavy (non-hydrogen) atoms. The zero-order valence-corrected chi connectivity index (χ0v) is 13.6. The molecule has 1 aromatic rings. The van der Waals surface area contributed by atoms with E-state index in [0.717, 1.165) is 0 Å². The number of nitrogens with two attached hydrogens (primary N) is 1. The molecule has 0 aliphatic heterocycles. The van der Waals surface area contributed by atoms with Gasteiger partial charge in [-0.1, -0.05) is 13.8 Å². The van der Waals surface area contributed by atoms with Gasteiger partial charge in [-0.2, -0.15) is 0 Å². The highest BCUT2D eigenvalue weighted by Gasteiger charge is 2.28. The number of carbonyl (C=O) groups is 1. The lowest BCUT2D eigenvalue weighted by atomic mass is 9.88. The molecule has 3 N–H and O–H groups in total. The summed E-state index contributed by atoms with van der Waals surface area (Å²) in [6.45, 7) is 6.23. The van der Waals surface area contributed by atoms with Crippen LogP contribution in [0.2, 0.25) is 0 Å². The predicted octanol–water partition coefficient (Wildman–Crippen LogP) is 3.11. The largest absolute Gasteiger partial charge is 0.345 e. The molecule has 3 nitrogen and oxygen atoms in total. The third-order valence-corrected chi connectivity index (χ3v) is 3.89. The molecule has 1 amide bonds. The van der Waals surface area contributed by atoms with Gasteiger partial charge in [0.25, 0.3) is 5.91 Å². The van der Waals surface area contributed by atoms with Crippen molar-refractivity contribution in [2.45, 2.75) is 26.3 Å². The summed E-state index contributed by atoms with van der Waals surface area (Å²) in [5.41, 5.74) is 5.64. The first-order valence-corrected chi connectivity index (χ1v) is 6.57. The minimum atomic E-state index is -0.474. The smallest absolute Gasteiger partial charge is 0.251 e. The van der Waals surface area contributed by atoms with Gasteiger partial charge in [0.1, 0.15) is 5.82 Å². The zero-order valence-electron chi connectivity index (χ0n) is 11.2. The number of carbonyl (C=O) groups excluding carboxylic acids is 1. The van der Waals surface area contributed by atoms with Gasteiger partial charge in [-0.15, -0.1) is 12.4 Å². The van der Waals surface area contributed by atoms with Crippen molar-refractivity contribution >= 4 is 34.2 Å². The third-order valence-electron chi connectivity index (χ3n) is 3.28. The quantitative estimate of drug-likeness (QED) is 0.874. The van der Waals surface area contributed by atoms with Crippen molar-refractivity contribution < 1.29 is 9.18 Å². The predicted molar refractivity (Wildman–Crippen MR) is 81.1 cm³/mol. The van der Waals surface area contributed by atoms with Gasteiger partial charge in [0.2, 0.25) is 0 Å². The molecule has 0 spiro atoms. The monoisotopic (exact) mass is 352 g/mol. The molecular formula is C13H19BrClFN2O. The summed E-state index contributed by atoms with van der Waals surface area (Å²) in [5, 5.41) is 2.90. The Bertz CT molecular complexity index is 456. The van der Waals surface area contributed by atoms with Crippen molar-refractivity contribution in [1.82, 2.24) is 5.32 Å². The van der Waals surface area contributed by atoms with Crippen LogP contribution >= 0.6 is 28.3 Å². The fourth-order valence-corrected chi connectivity index (χ4v) is 1.78. The molecule has 0 heterocycles. The molecule has 0 aliphatic rings. The van der Waals surface area contributed by atoms with E-state index in [9.17, 15) is 9.18 Å². The average molecular weight is 354 g/mol. The number of nitrogens with one attached hydrogen (secondary N) is 1. The van der Waals surface area contributed by atoms with Gasteiger partial charge in [-0.25, -0.2) is 4.39 Å². The van der Waals surface area contributed by atoms with Crippen LogP contribution in [0.1, 0.15) is 31.1 Å². The first-order chi connectivity index (χ1) is 8.30. The van der Waals surface area contributed by atoms with Crippen LogP contribution in [0, 0.1) is 11.7 Å². The molecule has 0 fully saturated rings. The highest BCUT2D eigenvalue weighted by Crippen LogP contribution is 2.19. The van der Waals surface area contributed by atoms with E-state index in [-0.39, 0.29) is 28.7 Å². The Morgan fingerprint density at radius 1 is 1.53 bits per heavy atom. The van der Waals surface area contributed by atoms with Crippen molar-refractivity contribution in [3.8, 4) is 0 Å². The van der Waals surface area contributed by atoms with Crippen LogP contribution in [0.15, 0.2) is 22.7 Å². The Labute approximate surface area is 127 Å². The van der Waals surface area contributed by atoms with E-state index in [0.29, 0.717) is 12.1 Å². The molecule has 108 valence electrons. The fourth-order valence-electron chi connectivity index (χ4n) is 1.40. The molecule has 6 heteroatoms. The lowest BCUT2D eigenvalue weighted by Gasteiger charge is -2.33. The number of halogens is 3. The van der Waals surface area contributed by atoms with Crippen LogP contribution in [0.5, 0.6) is 0 Å². The van der Waals surface area contributed by atoms with Gasteiger partial charge in [-0.05, 0) is 47.0 Å². The van der Waals surface area contributed by atoms with Gasteiger partial charge in [0.15, 0.2) is 0 Å². The Hall–Kier alpha value is -0.650. The van der Waals surface area contributed by atoms with Crippen LogP contribution < -0.4 is 11.1 Å². The summed E-state index contributed by atoms with van der Waals surface area (Å²) in [7, 11) is 0. The van der Waals surface area contributed by atoms with Crippen molar-refractivity contribution in [2.75, 3.05) is 6.54 Å². The molecule has 0 aromatic heterocycles. The topological polar surface area (TPSA) is 55.1 Å². The van der Waals surface area contributed by atoms with E-state index in [1.807, 2.05) is 20.8 Å². The minimum Gasteiger partial charge on any atom is -0.345 e. The van der Waals surface area contributed by atoms with Gasteiger partial charge in [0, 0.05) is 12.1 Å². The fraction of sp³-hybridized carbons (Fsp3) is 0.462. The summed E-state index contributed by atoms with van der Waals surface area (Å²) < 4.78 is 13.4. The Morgan fingerprint density at radius 2 is 2.11 bits per heavy atom. The van der Waals surface area contributed by atoms with Gasteiger partial charge in [0.05, 0.1) is 10.0 Å². The molecule has 1 unspecified atom stereocenters. The molecule has 0 radical (unpaired) electrons. The Balaban J connectivity index is 0.00000324.